The van der Waals surface area contributed by atoms with Crippen molar-refractivity contribution >= 4 is 45.5 Å². The Balaban J connectivity index is 1.63. The van der Waals surface area contributed by atoms with Crippen molar-refractivity contribution in [3.63, 3.8) is 0 Å². The Kier molecular flexibility index (Phi) is 4.56. The molecule has 150 valence electrons. The first-order chi connectivity index (χ1) is 14.6. The van der Waals surface area contributed by atoms with Crippen LogP contribution in [0, 0.1) is 0 Å². The maximum absolute atomic E-state index is 13.1. The number of rotatable bonds is 3. The molecule has 0 spiro atoms. The van der Waals surface area contributed by atoms with Crippen molar-refractivity contribution < 1.29 is 19.1 Å². The van der Waals surface area contributed by atoms with Gasteiger partial charge in [0.1, 0.15) is 5.57 Å². The van der Waals surface area contributed by atoms with Crippen LogP contribution in [0.5, 0.6) is 0 Å². The molecular weight excluding hydrogens is 380 g/mol. The topological polar surface area (TPSA) is 75.7 Å². The minimum Gasteiger partial charge on any atom is -0.376 e. The van der Waals surface area contributed by atoms with Gasteiger partial charge >= 0.3 is 6.03 Å². The molecule has 30 heavy (non-hydrogen) atoms. The van der Waals surface area contributed by atoms with Crippen molar-refractivity contribution in [1.82, 2.24) is 10.2 Å². The van der Waals surface area contributed by atoms with E-state index in [2.05, 4.69) is 11.4 Å². The SMILES string of the molecule is O=C1NC(=O)N(C[C@H]2CCCO2)C(=O)/C1=C/c1c2ccccc2cc2ccccc12. The van der Waals surface area contributed by atoms with Crippen LogP contribution in [0.2, 0.25) is 0 Å². The minimum absolute atomic E-state index is 0.0471. The molecule has 1 atom stereocenters. The lowest BCUT2D eigenvalue weighted by Gasteiger charge is -2.28. The summed E-state index contributed by atoms with van der Waals surface area (Å²) in [7, 11) is 0. The number of amides is 4. The second-order valence-electron chi connectivity index (χ2n) is 7.60. The number of ether oxygens (including phenoxy) is 1. The van der Waals surface area contributed by atoms with E-state index in [0.717, 1.165) is 44.8 Å². The number of barbiturate groups is 1. The van der Waals surface area contributed by atoms with Crippen molar-refractivity contribution in [1.29, 1.82) is 0 Å². The number of carbonyl (C=O) groups is 3. The molecule has 4 amide bonds. The van der Waals surface area contributed by atoms with E-state index in [1.807, 2.05) is 48.5 Å². The minimum atomic E-state index is -0.694. The monoisotopic (exact) mass is 400 g/mol. The van der Waals surface area contributed by atoms with Crippen molar-refractivity contribution in [3.8, 4) is 0 Å². The number of imide groups is 2. The van der Waals surface area contributed by atoms with E-state index in [4.69, 9.17) is 4.74 Å². The molecule has 0 bridgehead atoms. The van der Waals surface area contributed by atoms with Gasteiger partial charge in [-0.1, -0.05) is 48.5 Å². The zero-order valence-corrected chi connectivity index (χ0v) is 16.3. The van der Waals surface area contributed by atoms with E-state index in [0.29, 0.717) is 6.61 Å². The van der Waals surface area contributed by atoms with Gasteiger partial charge in [-0.2, -0.15) is 0 Å². The Hall–Kier alpha value is -3.51. The number of hydrogen-bond donors (Lipinski definition) is 1. The smallest absolute Gasteiger partial charge is 0.331 e. The molecule has 1 N–H and O–H groups in total. The molecule has 0 unspecified atom stereocenters. The van der Waals surface area contributed by atoms with Gasteiger partial charge in [-0.15, -0.1) is 0 Å². The second-order valence-corrected chi connectivity index (χ2v) is 7.60. The van der Waals surface area contributed by atoms with E-state index in [1.54, 1.807) is 6.08 Å². The Labute approximate surface area is 173 Å². The summed E-state index contributed by atoms with van der Waals surface area (Å²) in [6, 6.07) is 17.1. The van der Waals surface area contributed by atoms with Crippen molar-refractivity contribution in [3.05, 3.63) is 65.7 Å². The number of nitrogens with one attached hydrogen (secondary N) is 1. The van der Waals surface area contributed by atoms with E-state index in [-0.39, 0.29) is 18.2 Å². The highest BCUT2D eigenvalue weighted by molar-refractivity contribution is 6.31. The van der Waals surface area contributed by atoms with Gasteiger partial charge in [0.15, 0.2) is 0 Å². The first-order valence-corrected chi connectivity index (χ1v) is 10.0. The molecule has 2 saturated heterocycles. The van der Waals surface area contributed by atoms with Crippen LogP contribution >= 0.6 is 0 Å². The van der Waals surface area contributed by atoms with E-state index < -0.39 is 17.8 Å². The molecule has 2 fully saturated rings. The number of urea groups is 1. The summed E-state index contributed by atoms with van der Waals surface area (Å²) in [4.78, 5) is 39.1. The molecule has 5 rings (SSSR count). The van der Waals surface area contributed by atoms with Crippen LogP contribution in [0.25, 0.3) is 27.6 Å². The van der Waals surface area contributed by atoms with Gasteiger partial charge in [0.2, 0.25) is 0 Å². The molecule has 3 aromatic rings. The molecule has 0 radical (unpaired) electrons. The molecule has 6 heteroatoms. The molecule has 2 heterocycles. The fourth-order valence-electron chi connectivity index (χ4n) is 4.20. The van der Waals surface area contributed by atoms with E-state index in [1.165, 1.54) is 0 Å². The standard InChI is InChI=1S/C24H20N2O4/c27-22-21(23(28)26(24(29)25-22)14-17-8-5-11-30-17)13-20-18-9-3-1-6-15(18)12-16-7-2-4-10-19(16)20/h1-4,6-7,9-10,12-13,17H,5,8,11,14H2,(H,25,27,29)/b21-13+/t17-/m1/s1. The molecule has 2 aliphatic rings. The number of benzene rings is 3. The normalized spacial score (nSPS) is 21.1. The Morgan fingerprint density at radius 3 is 2.30 bits per heavy atom. The summed E-state index contributed by atoms with van der Waals surface area (Å²) >= 11 is 0. The molecule has 2 aliphatic heterocycles. The third kappa shape index (κ3) is 3.15. The van der Waals surface area contributed by atoms with Crippen LogP contribution < -0.4 is 5.32 Å². The van der Waals surface area contributed by atoms with Gasteiger partial charge in [0.05, 0.1) is 12.6 Å². The Bertz CT molecular complexity index is 1170. The van der Waals surface area contributed by atoms with Crippen LogP contribution in [-0.4, -0.2) is 42.0 Å². The summed E-state index contributed by atoms with van der Waals surface area (Å²) < 4.78 is 5.57. The van der Waals surface area contributed by atoms with Gasteiger partial charge in [-0.05, 0) is 52.1 Å². The average molecular weight is 400 g/mol. The molecule has 0 aliphatic carbocycles. The predicted molar refractivity (Wildman–Crippen MR) is 114 cm³/mol. The van der Waals surface area contributed by atoms with Crippen LogP contribution in [0.15, 0.2) is 60.2 Å². The highest BCUT2D eigenvalue weighted by Crippen LogP contribution is 2.31. The summed E-state index contributed by atoms with van der Waals surface area (Å²) in [5.74, 6) is -1.26. The van der Waals surface area contributed by atoms with Crippen LogP contribution in [0.4, 0.5) is 4.79 Å². The van der Waals surface area contributed by atoms with Gasteiger partial charge in [-0.25, -0.2) is 4.79 Å². The predicted octanol–water partition coefficient (Wildman–Crippen LogP) is 3.63. The summed E-state index contributed by atoms with van der Waals surface area (Å²) in [5.41, 5.74) is 0.739. The fourth-order valence-corrected chi connectivity index (χ4v) is 4.20. The van der Waals surface area contributed by atoms with Crippen molar-refractivity contribution in [2.75, 3.05) is 13.2 Å². The number of nitrogens with zero attached hydrogens (tertiary/aromatic N) is 1. The summed E-state index contributed by atoms with van der Waals surface area (Å²) in [5, 5.41) is 6.20. The maximum atomic E-state index is 13.1. The lowest BCUT2D eigenvalue weighted by molar-refractivity contribution is -0.131. The first kappa shape index (κ1) is 18.5. The Morgan fingerprint density at radius 2 is 1.67 bits per heavy atom. The lowest BCUT2D eigenvalue weighted by atomic mass is 9.94. The summed E-state index contributed by atoms with van der Waals surface area (Å²) in [6.45, 7) is 0.767. The van der Waals surface area contributed by atoms with Crippen molar-refractivity contribution in [2.24, 2.45) is 0 Å². The van der Waals surface area contributed by atoms with Crippen molar-refractivity contribution in [2.45, 2.75) is 18.9 Å². The van der Waals surface area contributed by atoms with Crippen LogP contribution in [-0.2, 0) is 14.3 Å². The maximum Gasteiger partial charge on any atom is 0.331 e. The number of carbonyl (C=O) groups excluding carboxylic acids is 3. The Morgan fingerprint density at radius 1 is 1.00 bits per heavy atom. The highest BCUT2D eigenvalue weighted by atomic mass is 16.5. The first-order valence-electron chi connectivity index (χ1n) is 10.0. The molecule has 0 aromatic heterocycles. The van der Waals surface area contributed by atoms with Gasteiger partial charge in [0, 0.05) is 6.61 Å². The number of fused-ring (bicyclic) bond motifs is 2. The highest BCUT2D eigenvalue weighted by Gasteiger charge is 2.37. The quantitative estimate of drug-likeness (QED) is 0.414. The van der Waals surface area contributed by atoms with Gasteiger partial charge in [0.25, 0.3) is 11.8 Å². The molecule has 0 saturated carbocycles. The third-order valence-electron chi connectivity index (χ3n) is 5.70. The molecule has 6 nitrogen and oxygen atoms in total. The number of hydrogen-bond acceptors (Lipinski definition) is 4. The van der Waals surface area contributed by atoms with Gasteiger partial charge < -0.3 is 4.74 Å². The second kappa shape index (κ2) is 7.39. The lowest BCUT2D eigenvalue weighted by Crippen LogP contribution is -2.55. The van der Waals surface area contributed by atoms with Crippen LogP contribution in [0.3, 0.4) is 0 Å². The fraction of sp³-hybridized carbons (Fsp3) is 0.208. The summed E-state index contributed by atoms with van der Waals surface area (Å²) in [6.07, 6.45) is 3.11. The zero-order valence-electron chi connectivity index (χ0n) is 16.3. The zero-order chi connectivity index (χ0) is 20.7. The average Bonchev–Trinajstić information content (AvgIpc) is 3.26. The van der Waals surface area contributed by atoms with Crippen LogP contribution in [0.1, 0.15) is 18.4 Å². The molecule has 3 aromatic carbocycles. The molecular formula is C24H20N2O4. The van der Waals surface area contributed by atoms with E-state index >= 15 is 0 Å². The van der Waals surface area contributed by atoms with E-state index in [9.17, 15) is 14.4 Å². The largest absolute Gasteiger partial charge is 0.376 e. The van der Waals surface area contributed by atoms with Gasteiger partial charge in [-0.3, -0.25) is 19.8 Å². The third-order valence-corrected chi connectivity index (χ3v) is 5.70.